The van der Waals surface area contributed by atoms with Crippen LogP contribution in [0.25, 0.3) is 0 Å². The van der Waals surface area contributed by atoms with Gasteiger partial charge >= 0.3 is 0 Å². The van der Waals surface area contributed by atoms with Crippen LogP contribution in [0.3, 0.4) is 0 Å². The van der Waals surface area contributed by atoms with E-state index in [0.717, 1.165) is 0 Å². The Morgan fingerprint density at radius 3 is 3.07 bits per heavy atom. The van der Waals surface area contributed by atoms with Gasteiger partial charge in [-0.05, 0) is 12.0 Å². The van der Waals surface area contributed by atoms with E-state index in [-0.39, 0.29) is 12.5 Å². The molecule has 0 saturated carbocycles. The monoisotopic (exact) mass is 197 g/mol. The number of anilines is 2. The number of nitrogen functional groups attached to an aromatic ring is 1. The molecule has 0 bridgehead atoms. The first-order valence-electron chi connectivity index (χ1n) is 4.40. The lowest BCUT2D eigenvalue weighted by atomic mass is 10.2. The summed E-state index contributed by atoms with van der Waals surface area (Å²) in [5.74, 6) is 6.41. The standard InChI is InChI=1S/C8H15N5O/c1-6(5-14)4-11-7-2-3-10-8(12-7)13-9/h2-3,6,14H,4-5,9H2,1H3,(H2,10,11,12,13). The van der Waals surface area contributed by atoms with Gasteiger partial charge < -0.3 is 10.4 Å². The van der Waals surface area contributed by atoms with Gasteiger partial charge in [0.2, 0.25) is 5.95 Å². The maximum atomic E-state index is 8.81. The molecule has 0 aliphatic heterocycles. The quantitative estimate of drug-likeness (QED) is 0.386. The molecule has 0 saturated heterocycles. The predicted octanol–water partition coefficient (Wildman–Crippen LogP) is -0.198. The van der Waals surface area contributed by atoms with Crippen molar-refractivity contribution in [2.24, 2.45) is 11.8 Å². The second-order valence-electron chi connectivity index (χ2n) is 3.08. The Bertz CT molecular complexity index is 280. The molecule has 1 heterocycles. The average molecular weight is 197 g/mol. The Balaban J connectivity index is 2.50. The van der Waals surface area contributed by atoms with Crippen LogP contribution in [-0.4, -0.2) is 28.2 Å². The lowest BCUT2D eigenvalue weighted by Crippen LogP contribution is -2.16. The van der Waals surface area contributed by atoms with Gasteiger partial charge in [0.25, 0.3) is 0 Å². The van der Waals surface area contributed by atoms with Crippen molar-refractivity contribution in [3.8, 4) is 0 Å². The summed E-state index contributed by atoms with van der Waals surface area (Å²) >= 11 is 0. The van der Waals surface area contributed by atoms with Crippen molar-refractivity contribution in [3.63, 3.8) is 0 Å². The summed E-state index contributed by atoms with van der Waals surface area (Å²) in [7, 11) is 0. The van der Waals surface area contributed by atoms with Crippen molar-refractivity contribution >= 4 is 11.8 Å². The lowest BCUT2D eigenvalue weighted by Gasteiger charge is -2.10. The van der Waals surface area contributed by atoms with Gasteiger partial charge in [0.15, 0.2) is 0 Å². The van der Waals surface area contributed by atoms with E-state index < -0.39 is 0 Å². The second-order valence-corrected chi connectivity index (χ2v) is 3.08. The number of hydrazine groups is 1. The number of aliphatic hydroxyl groups excluding tert-OH is 1. The number of nitrogens with zero attached hydrogens (tertiary/aromatic N) is 2. The van der Waals surface area contributed by atoms with E-state index in [4.69, 9.17) is 10.9 Å². The highest BCUT2D eigenvalue weighted by Crippen LogP contribution is 2.05. The fourth-order valence-electron chi connectivity index (χ4n) is 0.870. The first-order chi connectivity index (χ1) is 6.76. The van der Waals surface area contributed by atoms with Crippen LogP contribution in [0.1, 0.15) is 6.92 Å². The van der Waals surface area contributed by atoms with E-state index in [9.17, 15) is 0 Å². The van der Waals surface area contributed by atoms with Crippen LogP contribution in [0.5, 0.6) is 0 Å². The number of rotatable bonds is 5. The molecule has 0 aromatic carbocycles. The van der Waals surface area contributed by atoms with Crippen LogP contribution in [-0.2, 0) is 0 Å². The summed E-state index contributed by atoms with van der Waals surface area (Å²) in [6, 6.07) is 1.74. The molecule has 1 unspecified atom stereocenters. The van der Waals surface area contributed by atoms with Crippen LogP contribution in [0.2, 0.25) is 0 Å². The zero-order valence-corrected chi connectivity index (χ0v) is 8.07. The zero-order chi connectivity index (χ0) is 10.4. The van der Waals surface area contributed by atoms with E-state index in [2.05, 4.69) is 20.7 Å². The largest absolute Gasteiger partial charge is 0.396 e. The maximum absolute atomic E-state index is 8.81. The minimum absolute atomic E-state index is 0.153. The highest BCUT2D eigenvalue weighted by Gasteiger charge is 2.01. The third-order valence-electron chi connectivity index (χ3n) is 1.73. The van der Waals surface area contributed by atoms with E-state index in [1.54, 1.807) is 12.3 Å². The molecule has 78 valence electrons. The van der Waals surface area contributed by atoms with Crippen LogP contribution in [0.4, 0.5) is 11.8 Å². The van der Waals surface area contributed by atoms with Crippen LogP contribution in [0.15, 0.2) is 12.3 Å². The number of aliphatic hydroxyl groups is 1. The van der Waals surface area contributed by atoms with E-state index in [1.807, 2.05) is 6.92 Å². The summed E-state index contributed by atoms with van der Waals surface area (Å²) < 4.78 is 0. The smallest absolute Gasteiger partial charge is 0.239 e. The molecule has 1 atom stereocenters. The summed E-state index contributed by atoms with van der Waals surface area (Å²) in [5, 5.41) is 11.9. The van der Waals surface area contributed by atoms with Crippen molar-refractivity contribution in [1.29, 1.82) is 0 Å². The third kappa shape index (κ3) is 3.15. The Morgan fingerprint density at radius 2 is 2.43 bits per heavy atom. The van der Waals surface area contributed by atoms with Crippen molar-refractivity contribution in [3.05, 3.63) is 12.3 Å². The maximum Gasteiger partial charge on any atom is 0.239 e. The Kier molecular flexibility index (Phi) is 4.09. The number of nitrogens with one attached hydrogen (secondary N) is 2. The molecular formula is C8H15N5O. The first kappa shape index (κ1) is 10.7. The van der Waals surface area contributed by atoms with Crippen molar-refractivity contribution in [1.82, 2.24) is 9.97 Å². The van der Waals surface area contributed by atoms with Crippen LogP contribution < -0.4 is 16.6 Å². The average Bonchev–Trinajstić information content (AvgIpc) is 2.26. The molecular weight excluding hydrogens is 182 g/mol. The van der Waals surface area contributed by atoms with Gasteiger partial charge in [-0.15, -0.1) is 0 Å². The van der Waals surface area contributed by atoms with E-state index >= 15 is 0 Å². The molecule has 0 fully saturated rings. The fourth-order valence-corrected chi connectivity index (χ4v) is 0.870. The molecule has 5 N–H and O–H groups in total. The molecule has 1 aromatic heterocycles. The van der Waals surface area contributed by atoms with E-state index in [0.29, 0.717) is 18.3 Å². The molecule has 0 aliphatic carbocycles. The van der Waals surface area contributed by atoms with Gasteiger partial charge in [-0.2, -0.15) is 4.98 Å². The van der Waals surface area contributed by atoms with Crippen molar-refractivity contribution in [2.45, 2.75) is 6.92 Å². The number of hydrogen-bond donors (Lipinski definition) is 4. The van der Waals surface area contributed by atoms with Gasteiger partial charge in [0.1, 0.15) is 5.82 Å². The molecule has 14 heavy (non-hydrogen) atoms. The molecule has 6 heteroatoms. The molecule has 0 radical (unpaired) electrons. The zero-order valence-electron chi connectivity index (χ0n) is 8.07. The van der Waals surface area contributed by atoms with Crippen molar-refractivity contribution in [2.75, 3.05) is 23.9 Å². The number of aromatic nitrogens is 2. The van der Waals surface area contributed by atoms with Crippen LogP contribution in [0, 0.1) is 5.92 Å². The SMILES string of the molecule is CC(CO)CNc1ccnc(NN)n1. The molecule has 0 amide bonds. The first-order valence-corrected chi connectivity index (χ1v) is 4.40. The van der Waals surface area contributed by atoms with E-state index in [1.165, 1.54) is 0 Å². The second kappa shape index (κ2) is 5.36. The van der Waals surface area contributed by atoms with Crippen LogP contribution >= 0.6 is 0 Å². The minimum Gasteiger partial charge on any atom is -0.396 e. The minimum atomic E-state index is 0.153. The lowest BCUT2D eigenvalue weighted by molar-refractivity contribution is 0.244. The Labute approximate surface area is 82.5 Å². The summed E-state index contributed by atoms with van der Waals surface area (Å²) in [5.41, 5.74) is 2.36. The molecule has 6 nitrogen and oxygen atoms in total. The topological polar surface area (TPSA) is 96.1 Å². The molecule has 0 spiro atoms. The fraction of sp³-hybridized carbons (Fsp3) is 0.500. The number of hydrogen-bond acceptors (Lipinski definition) is 6. The number of nitrogens with two attached hydrogens (primary N) is 1. The summed E-state index contributed by atoms with van der Waals surface area (Å²) in [6.07, 6.45) is 1.61. The molecule has 0 aliphatic rings. The van der Waals surface area contributed by atoms with Gasteiger partial charge in [-0.1, -0.05) is 6.92 Å². The third-order valence-corrected chi connectivity index (χ3v) is 1.73. The molecule has 1 aromatic rings. The van der Waals surface area contributed by atoms with Gasteiger partial charge in [-0.25, -0.2) is 10.8 Å². The Hall–Kier alpha value is -1.40. The molecule has 1 rings (SSSR count). The predicted molar refractivity (Wildman–Crippen MR) is 54.6 cm³/mol. The summed E-state index contributed by atoms with van der Waals surface area (Å²) in [4.78, 5) is 7.93. The normalized spacial score (nSPS) is 12.2. The highest BCUT2D eigenvalue weighted by molar-refractivity contribution is 5.38. The van der Waals surface area contributed by atoms with Gasteiger partial charge in [-0.3, -0.25) is 5.43 Å². The van der Waals surface area contributed by atoms with Gasteiger partial charge in [0.05, 0.1) is 0 Å². The van der Waals surface area contributed by atoms with Gasteiger partial charge in [0, 0.05) is 19.3 Å². The summed E-state index contributed by atoms with van der Waals surface area (Å²) in [6.45, 7) is 2.76. The van der Waals surface area contributed by atoms with Crippen molar-refractivity contribution < 1.29 is 5.11 Å². The highest BCUT2D eigenvalue weighted by atomic mass is 16.3. The Morgan fingerprint density at radius 1 is 1.64 bits per heavy atom.